The summed E-state index contributed by atoms with van der Waals surface area (Å²) in [6.45, 7) is 5.95. The lowest BCUT2D eigenvalue weighted by Gasteiger charge is -2.14. The number of halogens is 1. The Labute approximate surface area is 106 Å². The van der Waals surface area contributed by atoms with Gasteiger partial charge >= 0.3 is 0 Å². The van der Waals surface area contributed by atoms with Crippen molar-refractivity contribution in [2.75, 3.05) is 18.0 Å². The molecule has 0 saturated carbocycles. The molecule has 1 heterocycles. The van der Waals surface area contributed by atoms with Crippen LogP contribution in [0.5, 0.6) is 0 Å². The van der Waals surface area contributed by atoms with Gasteiger partial charge in [0, 0.05) is 23.7 Å². The lowest BCUT2D eigenvalue weighted by molar-refractivity contribution is 0.824. The first-order valence-electron chi connectivity index (χ1n) is 5.68. The SMILES string of the molecule is CCN(CC)c1n[nH]c(-c2cccc(Cl)c2)n1. The van der Waals surface area contributed by atoms with Crippen molar-refractivity contribution in [1.82, 2.24) is 15.2 Å². The molecule has 1 N–H and O–H groups in total. The average Bonchev–Trinajstić information content (AvgIpc) is 2.80. The van der Waals surface area contributed by atoms with Gasteiger partial charge in [-0.25, -0.2) is 0 Å². The normalized spacial score (nSPS) is 10.5. The van der Waals surface area contributed by atoms with E-state index in [1.165, 1.54) is 0 Å². The van der Waals surface area contributed by atoms with Crippen LogP contribution in [0.15, 0.2) is 24.3 Å². The quantitative estimate of drug-likeness (QED) is 0.907. The number of benzene rings is 1. The molecular formula is C12H15ClN4. The van der Waals surface area contributed by atoms with E-state index in [9.17, 15) is 0 Å². The van der Waals surface area contributed by atoms with Gasteiger partial charge in [0.15, 0.2) is 5.82 Å². The van der Waals surface area contributed by atoms with Crippen LogP contribution >= 0.6 is 11.6 Å². The van der Waals surface area contributed by atoms with Crippen molar-refractivity contribution in [3.63, 3.8) is 0 Å². The third kappa shape index (κ3) is 2.58. The highest BCUT2D eigenvalue weighted by atomic mass is 35.5. The van der Waals surface area contributed by atoms with Crippen molar-refractivity contribution in [2.24, 2.45) is 0 Å². The predicted molar refractivity (Wildman–Crippen MR) is 70.4 cm³/mol. The van der Waals surface area contributed by atoms with Gasteiger partial charge in [-0.2, -0.15) is 4.98 Å². The number of nitrogens with zero attached hydrogens (tertiary/aromatic N) is 3. The number of H-pyrrole nitrogens is 1. The highest BCUT2D eigenvalue weighted by Crippen LogP contribution is 2.20. The molecule has 0 bridgehead atoms. The molecule has 1 aromatic heterocycles. The molecular weight excluding hydrogens is 236 g/mol. The van der Waals surface area contributed by atoms with Crippen molar-refractivity contribution >= 4 is 17.5 Å². The van der Waals surface area contributed by atoms with E-state index in [0.717, 1.165) is 30.4 Å². The van der Waals surface area contributed by atoms with E-state index >= 15 is 0 Å². The Morgan fingerprint density at radius 1 is 1.29 bits per heavy atom. The molecule has 5 heteroatoms. The largest absolute Gasteiger partial charge is 0.340 e. The standard InChI is InChI=1S/C12H15ClN4/c1-3-17(4-2)12-14-11(15-16-12)9-6-5-7-10(13)8-9/h5-8H,3-4H2,1-2H3,(H,14,15,16). The lowest BCUT2D eigenvalue weighted by Crippen LogP contribution is -2.22. The summed E-state index contributed by atoms with van der Waals surface area (Å²) in [5.74, 6) is 1.47. The van der Waals surface area contributed by atoms with Gasteiger partial charge in [-0.1, -0.05) is 23.7 Å². The summed E-state index contributed by atoms with van der Waals surface area (Å²) in [4.78, 5) is 6.55. The van der Waals surface area contributed by atoms with Gasteiger partial charge in [0.2, 0.25) is 5.95 Å². The molecule has 0 radical (unpaired) electrons. The topological polar surface area (TPSA) is 44.8 Å². The minimum Gasteiger partial charge on any atom is -0.340 e. The summed E-state index contributed by atoms with van der Waals surface area (Å²) in [7, 11) is 0. The average molecular weight is 251 g/mol. The van der Waals surface area contributed by atoms with Crippen molar-refractivity contribution in [2.45, 2.75) is 13.8 Å². The molecule has 0 aliphatic heterocycles. The summed E-state index contributed by atoms with van der Waals surface area (Å²) in [6.07, 6.45) is 0. The number of rotatable bonds is 4. The summed E-state index contributed by atoms with van der Waals surface area (Å²) < 4.78 is 0. The molecule has 0 aliphatic rings. The van der Waals surface area contributed by atoms with Gasteiger partial charge in [-0.3, -0.25) is 5.10 Å². The maximum absolute atomic E-state index is 5.95. The number of hydrogen-bond acceptors (Lipinski definition) is 3. The maximum atomic E-state index is 5.95. The van der Waals surface area contributed by atoms with Crippen molar-refractivity contribution in [1.29, 1.82) is 0 Å². The first-order valence-corrected chi connectivity index (χ1v) is 6.05. The van der Waals surface area contributed by atoms with Crippen molar-refractivity contribution in [3.05, 3.63) is 29.3 Å². The van der Waals surface area contributed by atoms with Gasteiger partial charge in [-0.15, -0.1) is 5.10 Å². The number of hydrogen-bond donors (Lipinski definition) is 1. The molecule has 1 aromatic carbocycles. The fourth-order valence-corrected chi connectivity index (χ4v) is 1.86. The Morgan fingerprint density at radius 2 is 2.06 bits per heavy atom. The Bertz CT molecular complexity index is 491. The molecule has 0 fully saturated rings. The van der Waals surface area contributed by atoms with Crippen LogP contribution in [-0.2, 0) is 0 Å². The molecule has 0 atom stereocenters. The smallest absolute Gasteiger partial charge is 0.244 e. The zero-order valence-corrected chi connectivity index (χ0v) is 10.7. The predicted octanol–water partition coefficient (Wildman–Crippen LogP) is 2.97. The van der Waals surface area contributed by atoms with E-state index in [-0.39, 0.29) is 0 Å². The zero-order valence-electron chi connectivity index (χ0n) is 9.94. The molecule has 0 aliphatic carbocycles. The third-order valence-electron chi connectivity index (χ3n) is 2.62. The van der Waals surface area contributed by atoms with Crippen LogP contribution in [0, 0.1) is 0 Å². The molecule has 90 valence electrons. The number of aromatic nitrogens is 3. The van der Waals surface area contributed by atoms with Gasteiger partial charge < -0.3 is 4.90 Å². The fourth-order valence-electron chi connectivity index (χ4n) is 1.67. The number of nitrogens with one attached hydrogen (secondary N) is 1. The fraction of sp³-hybridized carbons (Fsp3) is 0.333. The van der Waals surface area contributed by atoms with E-state index in [1.807, 2.05) is 24.3 Å². The molecule has 2 aromatic rings. The van der Waals surface area contributed by atoms with Crippen LogP contribution in [0.1, 0.15) is 13.8 Å². The molecule has 0 spiro atoms. The third-order valence-corrected chi connectivity index (χ3v) is 2.85. The van der Waals surface area contributed by atoms with Gasteiger partial charge in [0.05, 0.1) is 0 Å². The second-order valence-corrected chi connectivity index (χ2v) is 4.10. The Balaban J connectivity index is 2.29. The maximum Gasteiger partial charge on any atom is 0.244 e. The summed E-state index contributed by atoms with van der Waals surface area (Å²) in [5, 5.41) is 7.85. The summed E-state index contributed by atoms with van der Waals surface area (Å²) in [6, 6.07) is 7.57. The van der Waals surface area contributed by atoms with E-state index in [4.69, 9.17) is 11.6 Å². The van der Waals surface area contributed by atoms with E-state index < -0.39 is 0 Å². The second-order valence-electron chi connectivity index (χ2n) is 3.67. The van der Waals surface area contributed by atoms with Crippen LogP contribution in [-0.4, -0.2) is 28.3 Å². The molecule has 0 saturated heterocycles. The molecule has 0 unspecified atom stereocenters. The van der Waals surface area contributed by atoms with Gasteiger partial charge in [0.1, 0.15) is 0 Å². The minimum absolute atomic E-state index is 0.697. The second kappa shape index (κ2) is 5.19. The van der Waals surface area contributed by atoms with Gasteiger partial charge in [0.25, 0.3) is 0 Å². The summed E-state index contributed by atoms with van der Waals surface area (Å²) >= 11 is 5.95. The van der Waals surface area contributed by atoms with Crippen LogP contribution in [0.3, 0.4) is 0 Å². The van der Waals surface area contributed by atoms with Crippen LogP contribution < -0.4 is 4.90 Å². The zero-order chi connectivity index (χ0) is 12.3. The Hall–Kier alpha value is -1.55. The first-order chi connectivity index (χ1) is 8.24. The molecule has 0 amide bonds. The van der Waals surface area contributed by atoms with E-state index in [1.54, 1.807) is 0 Å². The first kappa shape index (κ1) is 11.9. The molecule has 17 heavy (non-hydrogen) atoms. The minimum atomic E-state index is 0.697. The van der Waals surface area contributed by atoms with Crippen molar-refractivity contribution in [3.8, 4) is 11.4 Å². The highest BCUT2D eigenvalue weighted by molar-refractivity contribution is 6.30. The van der Waals surface area contributed by atoms with E-state index in [2.05, 4.69) is 33.9 Å². The molecule has 2 rings (SSSR count). The molecule has 4 nitrogen and oxygen atoms in total. The summed E-state index contributed by atoms with van der Waals surface area (Å²) in [5.41, 5.74) is 0.948. The van der Waals surface area contributed by atoms with Crippen molar-refractivity contribution < 1.29 is 0 Å². The number of anilines is 1. The van der Waals surface area contributed by atoms with Gasteiger partial charge in [-0.05, 0) is 26.0 Å². The number of aromatic amines is 1. The lowest BCUT2D eigenvalue weighted by atomic mass is 10.2. The Morgan fingerprint density at radius 3 is 2.71 bits per heavy atom. The van der Waals surface area contributed by atoms with Crippen LogP contribution in [0.2, 0.25) is 5.02 Å². The Kier molecular flexibility index (Phi) is 3.64. The van der Waals surface area contributed by atoms with Crippen LogP contribution in [0.4, 0.5) is 5.95 Å². The van der Waals surface area contributed by atoms with Crippen LogP contribution in [0.25, 0.3) is 11.4 Å². The highest BCUT2D eigenvalue weighted by Gasteiger charge is 2.10. The monoisotopic (exact) mass is 250 g/mol. The van der Waals surface area contributed by atoms with E-state index in [0.29, 0.717) is 5.02 Å².